The molecule has 24 heavy (non-hydrogen) atoms. The quantitative estimate of drug-likeness (QED) is 0.865. The highest BCUT2D eigenvalue weighted by atomic mass is 16.2. The third kappa shape index (κ3) is 2.82. The smallest absolute Gasteiger partial charge is 0.270 e. The molecule has 1 heterocycles. The summed E-state index contributed by atoms with van der Waals surface area (Å²) in [5.74, 6) is -0.00293. The van der Waals surface area contributed by atoms with E-state index in [1.807, 2.05) is 18.0 Å². The van der Waals surface area contributed by atoms with Gasteiger partial charge in [-0.2, -0.15) is 5.26 Å². The molecule has 3 rings (SSSR count). The highest BCUT2D eigenvalue weighted by Gasteiger charge is 2.40. The van der Waals surface area contributed by atoms with Gasteiger partial charge in [-0.05, 0) is 37.0 Å². The highest BCUT2D eigenvalue weighted by Crippen LogP contribution is 2.38. The molecule has 0 atom stereocenters. The zero-order valence-corrected chi connectivity index (χ0v) is 14.3. The molecule has 0 spiro atoms. The summed E-state index contributed by atoms with van der Waals surface area (Å²) in [4.78, 5) is 15.0. The number of nitrogens with zero attached hydrogens (tertiary/aromatic N) is 3. The van der Waals surface area contributed by atoms with E-state index in [1.54, 1.807) is 23.7 Å². The minimum absolute atomic E-state index is 0.00293. The number of hydrogen-bond acceptors (Lipinski definition) is 2. The first-order valence-corrected chi connectivity index (χ1v) is 8.45. The van der Waals surface area contributed by atoms with Crippen molar-refractivity contribution in [1.82, 2.24) is 9.47 Å². The second kappa shape index (κ2) is 6.52. The van der Waals surface area contributed by atoms with E-state index in [2.05, 4.69) is 30.3 Å². The van der Waals surface area contributed by atoms with Crippen molar-refractivity contribution in [3.63, 3.8) is 0 Å². The summed E-state index contributed by atoms with van der Waals surface area (Å²) < 4.78 is 1.68. The molecule has 1 saturated carbocycles. The molecule has 4 heteroatoms. The molecule has 4 nitrogen and oxygen atoms in total. The molecule has 1 aromatic heterocycles. The molecule has 1 aliphatic rings. The fraction of sp³-hybridized carbons (Fsp3) is 0.400. The number of benzene rings is 1. The van der Waals surface area contributed by atoms with Crippen molar-refractivity contribution in [1.29, 1.82) is 5.26 Å². The lowest BCUT2D eigenvalue weighted by molar-refractivity contribution is 0.0558. The third-order valence-electron chi connectivity index (χ3n) is 5.38. The molecule has 0 aliphatic heterocycles. The predicted molar refractivity (Wildman–Crippen MR) is 93.6 cm³/mol. The average Bonchev–Trinajstić information content (AvgIpc) is 3.22. The van der Waals surface area contributed by atoms with Gasteiger partial charge in [0.15, 0.2) is 0 Å². The zero-order valence-electron chi connectivity index (χ0n) is 14.3. The lowest BCUT2D eigenvalue weighted by atomic mass is 9.87. The SMILES string of the molecule is CN(C(=O)c1ccc(C#N)n1C)C1(Cc2ccccc2)CCCC1. The first kappa shape index (κ1) is 16.3. The van der Waals surface area contributed by atoms with E-state index in [0.717, 1.165) is 32.1 Å². The number of hydrogen-bond donors (Lipinski definition) is 0. The molecule has 1 aliphatic carbocycles. The maximum absolute atomic E-state index is 13.1. The molecule has 0 unspecified atom stereocenters. The number of amides is 1. The van der Waals surface area contributed by atoms with Crippen LogP contribution in [0.1, 0.15) is 47.4 Å². The normalized spacial score (nSPS) is 15.9. The van der Waals surface area contributed by atoms with E-state index in [9.17, 15) is 4.79 Å². The van der Waals surface area contributed by atoms with E-state index in [1.165, 1.54) is 5.56 Å². The van der Waals surface area contributed by atoms with Gasteiger partial charge in [-0.1, -0.05) is 43.2 Å². The van der Waals surface area contributed by atoms with Crippen molar-refractivity contribution in [3.8, 4) is 6.07 Å². The lowest BCUT2D eigenvalue weighted by Crippen LogP contribution is -2.49. The van der Waals surface area contributed by atoms with Crippen LogP contribution in [0.4, 0.5) is 0 Å². The number of likely N-dealkylation sites (N-methyl/N-ethyl adjacent to an activating group) is 1. The van der Waals surface area contributed by atoms with Gasteiger partial charge in [0, 0.05) is 19.6 Å². The molecule has 2 aromatic rings. The summed E-state index contributed by atoms with van der Waals surface area (Å²) in [6, 6.07) is 16.0. The summed E-state index contributed by atoms with van der Waals surface area (Å²) in [6.45, 7) is 0. The standard InChI is InChI=1S/C20H23N3O/c1-22-17(15-21)10-11-18(22)19(24)23(2)20(12-6-7-13-20)14-16-8-4-3-5-9-16/h3-5,8-11H,6-7,12-14H2,1-2H3. The van der Waals surface area contributed by atoms with E-state index in [4.69, 9.17) is 5.26 Å². The topological polar surface area (TPSA) is 49.0 Å². The number of carbonyl (C=O) groups is 1. The minimum Gasteiger partial charge on any atom is -0.334 e. The van der Waals surface area contributed by atoms with Crippen molar-refractivity contribution in [3.05, 3.63) is 59.4 Å². The van der Waals surface area contributed by atoms with Crippen molar-refractivity contribution < 1.29 is 4.79 Å². The van der Waals surface area contributed by atoms with Crippen molar-refractivity contribution in [2.24, 2.45) is 7.05 Å². The van der Waals surface area contributed by atoms with E-state index in [-0.39, 0.29) is 11.4 Å². The Balaban J connectivity index is 1.89. The van der Waals surface area contributed by atoms with Crippen LogP contribution in [-0.2, 0) is 13.5 Å². The van der Waals surface area contributed by atoms with Crippen LogP contribution in [0.15, 0.2) is 42.5 Å². The molecule has 0 N–H and O–H groups in total. The first-order chi connectivity index (χ1) is 11.6. The second-order valence-corrected chi connectivity index (χ2v) is 6.73. The third-order valence-corrected chi connectivity index (χ3v) is 5.38. The van der Waals surface area contributed by atoms with Crippen LogP contribution in [0, 0.1) is 11.3 Å². The van der Waals surface area contributed by atoms with E-state index < -0.39 is 0 Å². The Kier molecular flexibility index (Phi) is 4.44. The summed E-state index contributed by atoms with van der Waals surface area (Å²) in [5, 5.41) is 9.11. The largest absolute Gasteiger partial charge is 0.334 e. The fourth-order valence-electron chi connectivity index (χ4n) is 3.87. The Morgan fingerprint density at radius 3 is 2.46 bits per heavy atom. The van der Waals surface area contributed by atoms with Crippen LogP contribution in [0.5, 0.6) is 0 Å². The number of nitriles is 1. The fourth-order valence-corrected chi connectivity index (χ4v) is 3.87. The summed E-state index contributed by atoms with van der Waals surface area (Å²) in [7, 11) is 3.69. The highest BCUT2D eigenvalue weighted by molar-refractivity contribution is 5.93. The number of rotatable bonds is 4. The molecule has 124 valence electrons. The van der Waals surface area contributed by atoms with Gasteiger partial charge >= 0.3 is 0 Å². The molecule has 0 saturated heterocycles. The van der Waals surface area contributed by atoms with Gasteiger partial charge < -0.3 is 9.47 Å². The summed E-state index contributed by atoms with van der Waals surface area (Å²) in [5.41, 5.74) is 2.22. The Morgan fingerprint density at radius 2 is 1.88 bits per heavy atom. The van der Waals surface area contributed by atoms with Crippen LogP contribution >= 0.6 is 0 Å². The van der Waals surface area contributed by atoms with Crippen molar-refractivity contribution in [2.45, 2.75) is 37.6 Å². The Bertz CT molecular complexity index is 764. The van der Waals surface area contributed by atoms with Crippen LogP contribution in [0.3, 0.4) is 0 Å². The zero-order chi connectivity index (χ0) is 17.2. The maximum atomic E-state index is 13.1. The number of aromatic nitrogens is 1. The van der Waals surface area contributed by atoms with Crippen LogP contribution in [0.2, 0.25) is 0 Å². The predicted octanol–water partition coefficient (Wildman–Crippen LogP) is 3.52. The van der Waals surface area contributed by atoms with Gasteiger partial charge in [0.2, 0.25) is 0 Å². The van der Waals surface area contributed by atoms with Crippen LogP contribution < -0.4 is 0 Å². The van der Waals surface area contributed by atoms with Gasteiger partial charge in [-0.25, -0.2) is 0 Å². The number of carbonyl (C=O) groups excluding carboxylic acids is 1. The van der Waals surface area contributed by atoms with E-state index >= 15 is 0 Å². The Hall–Kier alpha value is -2.54. The Morgan fingerprint density at radius 1 is 1.21 bits per heavy atom. The van der Waals surface area contributed by atoms with Gasteiger partial charge in [-0.15, -0.1) is 0 Å². The average molecular weight is 321 g/mol. The second-order valence-electron chi connectivity index (χ2n) is 6.73. The molecule has 0 bridgehead atoms. The van der Waals surface area contributed by atoms with Crippen molar-refractivity contribution in [2.75, 3.05) is 7.05 Å². The van der Waals surface area contributed by atoms with E-state index in [0.29, 0.717) is 11.4 Å². The molecule has 1 aromatic carbocycles. The molecule has 1 amide bonds. The minimum atomic E-state index is -0.129. The summed E-state index contributed by atoms with van der Waals surface area (Å²) >= 11 is 0. The van der Waals surface area contributed by atoms with Gasteiger partial charge in [0.25, 0.3) is 5.91 Å². The van der Waals surface area contributed by atoms with Crippen molar-refractivity contribution >= 4 is 5.91 Å². The molecular weight excluding hydrogens is 298 g/mol. The van der Waals surface area contributed by atoms with Gasteiger partial charge in [-0.3, -0.25) is 4.79 Å². The van der Waals surface area contributed by atoms with Gasteiger partial charge in [0.05, 0.1) is 0 Å². The Labute approximate surface area is 143 Å². The summed E-state index contributed by atoms with van der Waals surface area (Å²) in [6.07, 6.45) is 5.24. The van der Waals surface area contributed by atoms with Crippen LogP contribution in [0.25, 0.3) is 0 Å². The van der Waals surface area contributed by atoms with Gasteiger partial charge in [0.1, 0.15) is 17.5 Å². The maximum Gasteiger partial charge on any atom is 0.270 e. The molecular formula is C20H23N3O. The molecule has 0 radical (unpaired) electrons. The first-order valence-electron chi connectivity index (χ1n) is 8.45. The van der Waals surface area contributed by atoms with Crippen LogP contribution in [-0.4, -0.2) is 28.0 Å². The molecule has 1 fully saturated rings. The monoisotopic (exact) mass is 321 g/mol. The lowest BCUT2D eigenvalue weighted by Gasteiger charge is -2.39.